The normalized spacial score (nSPS) is 10.8. The highest BCUT2D eigenvalue weighted by Gasteiger charge is 2.22. The molecule has 7 heteroatoms. The Labute approximate surface area is 127 Å². The van der Waals surface area contributed by atoms with Gasteiger partial charge in [-0.15, -0.1) is 5.10 Å². The molecule has 0 atom stereocenters. The fourth-order valence-corrected chi connectivity index (χ4v) is 2.65. The van der Waals surface area contributed by atoms with E-state index in [2.05, 4.69) is 16.5 Å². The molecular weight excluding hydrogens is 290 g/mol. The smallest absolute Gasteiger partial charge is 0.267 e. The van der Waals surface area contributed by atoms with E-state index in [1.54, 1.807) is 24.5 Å². The van der Waals surface area contributed by atoms with E-state index in [1.165, 1.54) is 0 Å². The molecule has 0 radical (unpaired) electrons. The lowest BCUT2D eigenvalue weighted by molar-refractivity contribution is 0.0683. The van der Waals surface area contributed by atoms with Gasteiger partial charge in [0.1, 0.15) is 4.88 Å². The van der Waals surface area contributed by atoms with E-state index in [-0.39, 0.29) is 5.91 Å². The molecule has 2 rings (SSSR count). The first-order chi connectivity index (χ1) is 10.3. The van der Waals surface area contributed by atoms with Crippen LogP contribution < -0.4 is 0 Å². The van der Waals surface area contributed by atoms with Crippen LogP contribution in [0.1, 0.15) is 34.3 Å². The number of carbonyl (C=O) groups excluding carboxylic acids is 1. The van der Waals surface area contributed by atoms with E-state index >= 15 is 0 Å². The highest BCUT2D eigenvalue weighted by atomic mass is 32.1. The summed E-state index contributed by atoms with van der Waals surface area (Å²) in [5, 5.41) is 4.06. The Kier molecular flexibility index (Phi) is 5.89. The Morgan fingerprint density at radius 2 is 2.38 bits per heavy atom. The Morgan fingerprint density at radius 1 is 1.52 bits per heavy atom. The summed E-state index contributed by atoms with van der Waals surface area (Å²) in [6.07, 6.45) is 4.95. The Morgan fingerprint density at radius 3 is 3.05 bits per heavy atom. The maximum atomic E-state index is 12.7. The van der Waals surface area contributed by atoms with Crippen molar-refractivity contribution in [3.8, 4) is 0 Å². The minimum atomic E-state index is -0.0494. The zero-order chi connectivity index (χ0) is 15.1. The van der Waals surface area contributed by atoms with Gasteiger partial charge in [-0.2, -0.15) is 0 Å². The highest BCUT2D eigenvalue weighted by Crippen LogP contribution is 2.17. The maximum Gasteiger partial charge on any atom is 0.267 e. The topological polar surface area (TPSA) is 68.5 Å². The molecule has 0 bridgehead atoms. The first-order valence-corrected chi connectivity index (χ1v) is 7.64. The number of hydrogen-bond donors (Lipinski definition) is 0. The van der Waals surface area contributed by atoms with Crippen LogP contribution in [0, 0.1) is 0 Å². The van der Waals surface area contributed by atoms with Crippen molar-refractivity contribution in [2.24, 2.45) is 0 Å². The van der Waals surface area contributed by atoms with Gasteiger partial charge in [0.15, 0.2) is 0 Å². The van der Waals surface area contributed by atoms with Crippen molar-refractivity contribution in [3.05, 3.63) is 34.7 Å². The minimum absolute atomic E-state index is 0.0494. The van der Waals surface area contributed by atoms with Gasteiger partial charge in [-0.25, -0.2) is 0 Å². The van der Waals surface area contributed by atoms with Crippen LogP contribution in [0.2, 0.25) is 0 Å². The Balaban J connectivity index is 2.14. The van der Waals surface area contributed by atoms with Crippen LogP contribution >= 0.6 is 11.5 Å². The summed E-state index contributed by atoms with van der Waals surface area (Å²) in [7, 11) is 1.62. The first-order valence-electron chi connectivity index (χ1n) is 6.86. The molecule has 114 valence electrons. The van der Waals surface area contributed by atoms with Gasteiger partial charge in [-0.05, 0) is 24.0 Å². The second kappa shape index (κ2) is 7.90. The standard InChI is InChI=1S/C14H19N3O3S/c1-3-4-12-13(21-16-15-12)14(18)17(6-8-19-2)9-11-5-7-20-10-11/h5,7,10H,3-4,6,8-9H2,1-2H3. The van der Waals surface area contributed by atoms with Crippen LogP contribution in [0.25, 0.3) is 0 Å². The number of rotatable bonds is 8. The van der Waals surface area contributed by atoms with Crippen molar-refractivity contribution in [1.82, 2.24) is 14.5 Å². The predicted octanol–water partition coefficient (Wildman–Crippen LogP) is 2.37. The van der Waals surface area contributed by atoms with Crippen LogP contribution in [0.5, 0.6) is 0 Å². The predicted molar refractivity (Wildman–Crippen MR) is 79.2 cm³/mol. The summed E-state index contributed by atoms with van der Waals surface area (Å²) >= 11 is 1.16. The number of amides is 1. The summed E-state index contributed by atoms with van der Waals surface area (Å²) in [6.45, 7) is 3.55. The SMILES string of the molecule is CCCc1nnsc1C(=O)N(CCOC)Cc1ccoc1. The van der Waals surface area contributed by atoms with Crippen molar-refractivity contribution in [1.29, 1.82) is 0 Å². The van der Waals surface area contributed by atoms with Gasteiger partial charge in [0, 0.05) is 25.8 Å². The summed E-state index contributed by atoms with van der Waals surface area (Å²) < 4.78 is 14.1. The fourth-order valence-electron chi connectivity index (χ4n) is 1.97. The quantitative estimate of drug-likeness (QED) is 0.749. The number of aromatic nitrogens is 2. The molecule has 0 unspecified atom stereocenters. The average molecular weight is 309 g/mol. The van der Waals surface area contributed by atoms with E-state index < -0.39 is 0 Å². The van der Waals surface area contributed by atoms with Crippen LogP contribution in [0.3, 0.4) is 0 Å². The molecule has 0 aliphatic carbocycles. The first kappa shape index (κ1) is 15.7. The van der Waals surface area contributed by atoms with E-state index in [0.29, 0.717) is 24.6 Å². The third-order valence-corrected chi connectivity index (χ3v) is 3.80. The van der Waals surface area contributed by atoms with E-state index in [9.17, 15) is 4.79 Å². The van der Waals surface area contributed by atoms with Gasteiger partial charge in [0.2, 0.25) is 0 Å². The van der Waals surface area contributed by atoms with Crippen molar-refractivity contribution in [2.45, 2.75) is 26.3 Å². The molecular formula is C14H19N3O3S. The summed E-state index contributed by atoms with van der Waals surface area (Å²) in [6, 6.07) is 1.85. The molecule has 1 amide bonds. The number of furan rings is 1. The minimum Gasteiger partial charge on any atom is -0.472 e. The lowest BCUT2D eigenvalue weighted by Crippen LogP contribution is -2.33. The van der Waals surface area contributed by atoms with Crippen LogP contribution in [0.4, 0.5) is 0 Å². The molecule has 0 aliphatic rings. The molecule has 0 N–H and O–H groups in total. The molecule has 0 saturated heterocycles. The third-order valence-electron chi connectivity index (χ3n) is 3.04. The fraction of sp³-hybridized carbons (Fsp3) is 0.500. The van der Waals surface area contributed by atoms with Gasteiger partial charge >= 0.3 is 0 Å². The van der Waals surface area contributed by atoms with Gasteiger partial charge in [-0.3, -0.25) is 4.79 Å². The zero-order valence-electron chi connectivity index (χ0n) is 12.2. The highest BCUT2D eigenvalue weighted by molar-refractivity contribution is 7.08. The van der Waals surface area contributed by atoms with Crippen molar-refractivity contribution >= 4 is 17.4 Å². The summed E-state index contributed by atoms with van der Waals surface area (Å²) in [5.74, 6) is -0.0494. The molecule has 6 nitrogen and oxygen atoms in total. The van der Waals surface area contributed by atoms with Crippen molar-refractivity contribution in [2.75, 3.05) is 20.3 Å². The summed E-state index contributed by atoms with van der Waals surface area (Å²) in [5.41, 5.74) is 1.73. The van der Waals surface area contributed by atoms with Gasteiger partial charge in [0.25, 0.3) is 5.91 Å². The van der Waals surface area contributed by atoms with E-state index in [4.69, 9.17) is 9.15 Å². The van der Waals surface area contributed by atoms with Gasteiger partial charge in [-0.1, -0.05) is 17.8 Å². The lowest BCUT2D eigenvalue weighted by Gasteiger charge is -2.21. The molecule has 2 aromatic rings. The molecule has 0 aliphatic heterocycles. The molecule has 0 spiro atoms. The molecule has 0 saturated carbocycles. The average Bonchev–Trinajstić information content (AvgIpc) is 3.14. The number of methoxy groups -OCH3 is 1. The number of carbonyl (C=O) groups is 1. The number of ether oxygens (including phenoxy) is 1. The van der Waals surface area contributed by atoms with Crippen molar-refractivity contribution < 1.29 is 13.9 Å². The summed E-state index contributed by atoms with van der Waals surface area (Å²) in [4.78, 5) is 15.1. The lowest BCUT2D eigenvalue weighted by atomic mass is 10.2. The third kappa shape index (κ3) is 4.12. The molecule has 0 fully saturated rings. The molecule has 2 heterocycles. The van der Waals surface area contributed by atoms with Crippen molar-refractivity contribution in [3.63, 3.8) is 0 Å². The number of aryl methyl sites for hydroxylation is 1. The monoisotopic (exact) mass is 309 g/mol. The van der Waals surface area contributed by atoms with E-state index in [1.807, 2.05) is 6.07 Å². The van der Waals surface area contributed by atoms with Gasteiger partial charge in [0.05, 0.1) is 24.8 Å². The molecule has 21 heavy (non-hydrogen) atoms. The second-order valence-corrected chi connectivity index (χ2v) is 5.40. The largest absolute Gasteiger partial charge is 0.472 e. The zero-order valence-corrected chi connectivity index (χ0v) is 13.1. The Hall–Kier alpha value is -1.73. The Bertz CT molecular complexity index is 554. The molecule has 0 aromatic carbocycles. The number of nitrogens with zero attached hydrogens (tertiary/aromatic N) is 3. The second-order valence-electron chi connectivity index (χ2n) is 4.65. The van der Waals surface area contributed by atoms with Crippen LogP contribution in [-0.2, 0) is 17.7 Å². The van der Waals surface area contributed by atoms with E-state index in [0.717, 1.165) is 35.6 Å². The maximum absolute atomic E-state index is 12.7. The number of hydrogen-bond acceptors (Lipinski definition) is 6. The molecule has 2 aromatic heterocycles. The van der Waals surface area contributed by atoms with Crippen LogP contribution in [-0.4, -0.2) is 40.7 Å². The van der Waals surface area contributed by atoms with Crippen LogP contribution in [0.15, 0.2) is 23.0 Å². The van der Waals surface area contributed by atoms with Gasteiger partial charge < -0.3 is 14.1 Å².